The van der Waals surface area contributed by atoms with E-state index in [-0.39, 0.29) is 36.1 Å². The summed E-state index contributed by atoms with van der Waals surface area (Å²) in [7, 11) is 1.72. The summed E-state index contributed by atoms with van der Waals surface area (Å²) in [5, 5.41) is 2.91. The first-order valence-electron chi connectivity index (χ1n) is 9.51. The Bertz CT molecular complexity index is 626. The van der Waals surface area contributed by atoms with Crippen LogP contribution < -0.4 is 0 Å². The van der Waals surface area contributed by atoms with Crippen molar-refractivity contribution in [2.24, 2.45) is 11.8 Å². The summed E-state index contributed by atoms with van der Waals surface area (Å²) in [5.41, 5.74) is 0. The molecule has 4 atom stereocenters. The number of likely N-dealkylation sites (N-methyl/N-ethyl adjacent to an activating group) is 1. The second-order valence-electron chi connectivity index (χ2n) is 7.41. The van der Waals surface area contributed by atoms with Crippen LogP contribution in [-0.2, 0) is 9.59 Å². The third-order valence-corrected chi connectivity index (χ3v) is 7.18. The molecule has 0 aromatic carbocycles. The van der Waals surface area contributed by atoms with E-state index in [2.05, 4.69) is 4.98 Å². The van der Waals surface area contributed by atoms with Crippen LogP contribution in [0.1, 0.15) is 57.5 Å². The number of carbonyl (C=O) groups excluding carboxylic acids is 2. The average molecular weight is 434 g/mol. The van der Waals surface area contributed by atoms with Gasteiger partial charge < -0.3 is 9.80 Å². The highest BCUT2D eigenvalue weighted by molar-refractivity contribution is 7.09. The fraction of sp³-hybridized carbons (Fsp3) is 0.737. The van der Waals surface area contributed by atoms with Crippen molar-refractivity contribution in [3.63, 3.8) is 0 Å². The number of halogens is 2. The van der Waals surface area contributed by atoms with Crippen LogP contribution in [0, 0.1) is 11.8 Å². The Labute approximate surface area is 176 Å². The molecule has 1 aromatic rings. The highest BCUT2D eigenvalue weighted by atomic mass is 35.5. The predicted octanol–water partition coefficient (Wildman–Crippen LogP) is 4.51. The third-order valence-electron chi connectivity index (χ3n) is 5.45. The molecule has 0 saturated carbocycles. The lowest BCUT2D eigenvalue weighted by Crippen LogP contribution is -2.52. The fourth-order valence-corrected chi connectivity index (χ4v) is 4.50. The molecule has 1 aromatic heterocycles. The minimum atomic E-state index is -0.604. The minimum Gasteiger partial charge on any atom is -0.333 e. The molecule has 27 heavy (non-hydrogen) atoms. The average Bonchev–Trinajstić information content (AvgIpc) is 3.31. The lowest BCUT2D eigenvalue weighted by atomic mass is 9.95. The first-order valence-corrected chi connectivity index (χ1v) is 11.3. The summed E-state index contributed by atoms with van der Waals surface area (Å²) in [6, 6.07) is -0.471. The van der Waals surface area contributed by atoms with Gasteiger partial charge in [0.05, 0.1) is 6.04 Å². The van der Waals surface area contributed by atoms with Crippen LogP contribution in [-0.4, -0.2) is 51.1 Å². The Morgan fingerprint density at radius 1 is 1.37 bits per heavy atom. The van der Waals surface area contributed by atoms with Crippen LogP contribution in [0.15, 0.2) is 11.6 Å². The van der Waals surface area contributed by atoms with Crippen molar-refractivity contribution in [1.82, 2.24) is 14.8 Å². The zero-order valence-electron chi connectivity index (χ0n) is 16.4. The number of carbonyl (C=O) groups is 2. The summed E-state index contributed by atoms with van der Waals surface area (Å²) in [6.07, 6.45) is 4.69. The van der Waals surface area contributed by atoms with Crippen LogP contribution >= 0.6 is 34.5 Å². The van der Waals surface area contributed by atoms with E-state index >= 15 is 0 Å². The lowest BCUT2D eigenvalue weighted by molar-refractivity contribution is -0.147. The van der Waals surface area contributed by atoms with E-state index in [4.69, 9.17) is 23.2 Å². The highest BCUT2D eigenvalue weighted by Gasteiger charge is 2.40. The van der Waals surface area contributed by atoms with Crippen molar-refractivity contribution in [3.05, 3.63) is 16.6 Å². The monoisotopic (exact) mass is 433 g/mol. The van der Waals surface area contributed by atoms with Crippen LogP contribution in [0.4, 0.5) is 0 Å². The second-order valence-corrected chi connectivity index (χ2v) is 9.50. The third kappa shape index (κ3) is 5.36. The molecule has 0 bridgehead atoms. The van der Waals surface area contributed by atoms with Crippen molar-refractivity contribution < 1.29 is 9.59 Å². The standard InChI is InChI=1S/C19H29Cl2N3O2S/c1-5-12(2)16(23(4)15(25)11-13(3)17(20)21)19(26)24-9-6-7-14(24)18-22-8-10-27-18/h8,10,12-14,16-17H,5-7,9,11H2,1-4H3. The zero-order chi connectivity index (χ0) is 20.1. The molecule has 1 aliphatic rings. The summed E-state index contributed by atoms with van der Waals surface area (Å²) >= 11 is 13.4. The maximum Gasteiger partial charge on any atom is 0.246 e. The Morgan fingerprint density at radius 3 is 2.63 bits per heavy atom. The number of aromatic nitrogens is 1. The molecule has 5 nitrogen and oxygen atoms in total. The minimum absolute atomic E-state index is 0.0128. The number of nitrogens with zero attached hydrogens (tertiary/aromatic N) is 3. The van der Waals surface area contributed by atoms with Crippen molar-refractivity contribution in [3.8, 4) is 0 Å². The van der Waals surface area contributed by atoms with Crippen molar-refractivity contribution >= 4 is 46.4 Å². The second kappa shape index (κ2) is 10.1. The van der Waals surface area contributed by atoms with Gasteiger partial charge in [0.25, 0.3) is 0 Å². The van der Waals surface area contributed by atoms with Crippen molar-refractivity contribution in [2.75, 3.05) is 13.6 Å². The Balaban J connectivity index is 2.19. The molecule has 4 unspecified atom stereocenters. The highest BCUT2D eigenvalue weighted by Crippen LogP contribution is 2.35. The first-order chi connectivity index (χ1) is 12.8. The van der Waals surface area contributed by atoms with Gasteiger partial charge in [-0.2, -0.15) is 0 Å². The van der Waals surface area contributed by atoms with Gasteiger partial charge in [0.2, 0.25) is 11.8 Å². The van der Waals surface area contributed by atoms with Gasteiger partial charge in [-0.25, -0.2) is 4.98 Å². The molecule has 2 heterocycles. The summed E-state index contributed by atoms with van der Waals surface area (Å²) in [5.74, 6) is -0.191. The van der Waals surface area contributed by atoms with Gasteiger partial charge in [-0.1, -0.05) is 27.2 Å². The SMILES string of the molecule is CCC(C)C(C(=O)N1CCCC1c1nccs1)N(C)C(=O)CC(C)C(Cl)Cl. The molecular formula is C19H29Cl2N3O2S. The van der Waals surface area contributed by atoms with E-state index in [0.717, 1.165) is 24.3 Å². The summed E-state index contributed by atoms with van der Waals surface area (Å²) in [6.45, 7) is 6.62. The topological polar surface area (TPSA) is 53.5 Å². The zero-order valence-corrected chi connectivity index (χ0v) is 18.7. The molecule has 0 aliphatic carbocycles. The van der Waals surface area contributed by atoms with Gasteiger partial charge in [0.15, 0.2) is 0 Å². The summed E-state index contributed by atoms with van der Waals surface area (Å²) in [4.78, 5) is 33.6. The van der Waals surface area contributed by atoms with Crippen molar-refractivity contribution in [1.29, 1.82) is 0 Å². The van der Waals surface area contributed by atoms with Gasteiger partial charge in [-0.3, -0.25) is 9.59 Å². The normalized spacial score (nSPS) is 20.6. The molecule has 8 heteroatoms. The van der Waals surface area contributed by atoms with E-state index in [1.165, 1.54) is 0 Å². The van der Waals surface area contributed by atoms with Gasteiger partial charge in [-0.05, 0) is 24.7 Å². The van der Waals surface area contributed by atoms with E-state index in [1.54, 1.807) is 29.5 Å². The van der Waals surface area contributed by atoms with E-state index < -0.39 is 10.9 Å². The molecular weight excluding hydrogens is 405 g/mol. The number of likely N-dealkylation sites (tertiary alicyclic amines) is 1. The van der Waals surface area contributed by atoms with Gasteiger partial charge >= 0.3 is 0 Å². The van der Waals surface area contributed by atoms with E-state index in [9.17, 15) is 9.59 Å². The number of thiazole rings is 1. The smallest absolute Gasteiger partial charge is 0.246 e. The Kier molecular flexibility index (Phi) is 8.38. The Hall–Kier alpha value is -0.850. The van der Waals surface area contributed by atoms with E-state index in [0.29, 0.717) is 6.54 Å². The number of hydrogen-bond acceptors (Lipinski definition) is 4. The van der Waals surface area contributed by atoms with Crippen LogP contribution in [0.3, 0.4) is 0 Å². The van der Waals surface area contributed by atoms with Gasteiger partial charge in [-0.15, -0.1) is 34.5 Å². The molecule has 0 spiro atoms. The van der Waals surface area contributed by atoms with Crippen LogP contribution in [0.5, 0.6) is 0 Å². The Morgan fingerprint density at radius 2 is 2.07 bits per heavy atom. The molecule has 1 aliphatic heterocycles. The predicted molar refractivity (Wildman–Crippen MR) is 111 cm³/mol. The first kappa shape index (κ1) is 22.4. The number of hydrogen-bond donors (Lipinski definition) is 0. The lowest BCUT2D eigenvalue weighted by Gasteiger charge is -2.36. The number of alkyl halides is 2. The molecule has 0 N–H and O–H groups in total. The molecule has 1 fully saturated rings. The maximum atomic E-state index is 13.5. The van der Waals surface area contributed by atoms with Gasteiger partial charge in [0, 0.05) is 31.6 Å². The van der Waals surface area contributed by atoms with E-state index in [1.807, 2.05) is 31.1 Å². The molecule has 2 amide bonds. The molecule has 0 radical (unpaired) electrons. The van der Waals surface area contributed by atoms with Gasteiger partial charge in [0.1, 0.15) is 15.9 Å². The van der Waals surface area contributed by atoms with Crippen LogP contribution in [0.2, 0.25) is 0 Å². The maximum absolute atomic E-state index is 13.5. The largest absolute Gasteiger partial charge is 0.333 e. The quantitative estimate of drug-likeness (QED) is 0.566. The molecule has 1 saturated heterocycles. The molecule has 2 rings (SSSR count). The molecule has 152 valence electrons. The number of amides is 2. The van der Waals surface area contributed by atoms with Crippen molar-refractivity contribution in [2.45, 2.75) is 63.4 Å². The number of rotatable bonds is 8. The fourth-order valence-electron chi connectivity index (χ4n) is 3.53. The summed E-state index contributed by atoms with van der Waals surface area (Å²) < 4.78 is 0. The van der Waals surface area contributed by atoms with Crippen LogP contribution in [0.25, 0.3) is 0 Å².